The van der Waals surface area contributed by atoms with Gasteiger partial charge in [-0.15, -0.1) is 5.10 Å². The van der Waals surface area contributed by atoms with Gasteiger partial charge in [-0.05, 0) is 40.2 Å². The van der Waals surface area contributed by atoms with Crippen molar-refractivity contribution in [1.82, 2.24) is 19.7 Å². The van der Waals surface area contributed by atoms with Gasteiger partial charge in [0.2, 0.25) is 5.89 Å². The van der Waals surface area contributed by atoms with E-state index in [4.69, 9.17) is 27.6 Å². The first kappa shape index (κ1) is 20.3. The van der Waals surface area contributed by atoms with Crippen molar-refractivity contribution in [2.24, 2.45) is 0 Å². The summed E-state index contributed by atoms with van der Waals surface area (Å²) in [4.78, 5) is 22.7. The Kier molecular flexibility index (Phi) is 4.76. The SMILES string of the molecule is O=c1oc(-c2cc(N3CC(F)(F)C3)nn2-c2ncccc2Cl)nc2c(Br)cc(Cl)cc12. The number of aromatic nitrogens is 4. The number of nitrogens with zero attached hydrogens (tertiary/aromatic N) is 5. The molecule has 0 N–H and O–H groups in total. The van der Waals surface area contributed by atoms with E-state index < -0.39 is 24.6 Å². The highest BCUT2D eigenvalue weighted by Crippen LogP contribution is 2.35. The molecule has 4 aromatic rings. The highest BCUT2D eigenvalue weighted by molar-refractivity contribution is 9.10. The van der Waals surface area contributed by atoms with Gasteiger partial charge in [-0.1, -0.05) is 23.2 Å². The smallest absolute Gasteiger partial charge is 0.347 e. The average Bonchev–Trinajstić information content (AvgIpc) is 3.12. The Labute approximate surface area is 191 Å². The maximum Gasteiger partial charge on any atom is 0.347 e. The third kappa shape index (κ3) is 3.58. The van der Waals surface area contributed by atoms with Gasteiger partial charge >= 0.3 is 5.63 Å². The third-order valence-electron chi connectivity index (χ3n) is 4.67. The largest absolute Gasteiger partial charge is 0.401 e. The molecule has 0 spiro atoms. The fourth-order valence-corrected chi connectivity index (χ4v) is 4.36. The topological polar surface area (TPSA) is 77.0 Å². The molecule has 3 aromatic heterocycles. The predicted octanol–water partition coefficient (Wildman–Crippen LogP) is 4.96. The van der Waals surface area contributed by atoms with Gasteiger partial charge in [0.1, 0.15) is 5.69 Å². The second kappa shape index (κ2) is 7.25. The van der Waals surface area contributed by atoms with Crippen molar-refractivity contribution >= 4 is 55.9 Å². The predicted molar refractivity (Wildman–Crippen MR) is 116 cm³/mol. The van der Waals surface area contributed by atoms with Gasteiger partial charge in [-0.3, -0.25) is 0 Å². The molecule has 0 radical (unpaired) electrons. The molecule has 12 heteroatoms. The molecule has 0 aliphatic carbocycles. The molecule has 1 aliphatic rings. The minimum absolute atomic E-state index is 0.0757. The lowest BCUT2D eigenvalue weighted by Gasteiger charge is -2.38. The van der Waals surface area contributed by atoms with E-state index in [1.54, 1.807) is 18.2 Å². The highest BCUT2D eigenvalue weighted by atomic mass is 79.9. The van der Waals surface area contributed by atoms with Crippen molar-refractivity contribution in [2.75, 3.05) is 18.0 Å². The van der Waals surface area contributed by atoms with Crippen LogP contribution in [0.1, 0.15) is 0 Å². The number of hydrogen-bond donors (Lipinski definition) is 0. The Morgan fingerprint density at radius 3 is 2.68 bits per heavy atom. The lowest BCUT2D eigenvalue weighted by Crippen LogP contribution is -2.56. The second-order valence-corrected chi connectivity index (χ2v) is 8.61. The molecule has 1 fully saturated rings. The summed E-state index contributed by atoms with van der Waals surface area (Å²) < 4.78 is 34.0. The summed E-state index contributed by atoms with van der Waals surface area (Å²) in [5, 5.41) is 5.17. The Morgan fingerprint density at radius 1 is 1.19 bits per heavy atom. The van der Waals surface area contributed by atoms with E-state index >= 15 is 0 Å². The van der Waals surface area contributed by atoms with Crippen molar-refractivity contribution < 1.29 is 13.2 Å². The fourth-order valence-electron chi connectivity index (χ4n) is 3.26. The third-order valence-corrected chi connectivity index (χ3v) is 5.79. The van der Waals surface area contributed by atoms with Crippen LogP contribution in [0, 0.1) is 0 Å². The van der Waals surface area contributed by atoms with E-state index in [0.717, 1.165) is 0 Å². The van der Waals surface area contributed by atoms with E-state index in [1.165, 1.54) is 27.9 Å². The van der Waals surface area contributed by atoms with E-state index in [2.05, 4.69) is 31.0 Å². The van der Waals surface area contributed by atoms with E-state index in [9.17, 15) is 13.6 Å². The summed E-state index contributed by atoms with van der Waals surface area (Å²) in [6.45, 7) is -0.947. The Balaban J connectivity index is 1.72. The van der Waals surface area contributed by atoms with Gasteiger partial charge in [0.25, 0.3) is 5.92 Å². The Hall–Kier alpha value is -2.56. The number of pyridine rings is 1. The Morgan fingerprint density at radius 2 is 1.97 bits per heavy atom. The number of rotatable bonds is 3. The number of fused-ring (bicyclic) bond motifs is 1. The van der Waals surface area contributed by atoms with Crippen LogP contribution < -0.4 is 10.5 Å². The molecule has 4 heterocycles. The molecule has 158 valence electrons. The molecule has 1 aliphatic heterocycles. The first-order valence-electron chi connectivity index (χ1n) is 8.86. The lowest BCUT2D eigenvalue weighted by molar-refractivity contribution is -0.0267. The summed E-state index contributed by atoms with van der Waals surface area (Å²) >= 11 is 15.6. The molecule has 1 aromatic carbocycles. The molecule has 1 saturated heterocycles. The van der Waals surface area contributed by atoms with Crippen LogP contribution in [-0.4, -0.2) is 38.8 Å². The maximum atomic E-state index is 13.4. The van der Waals surface area contributed by atoms with Crippen LogP contribution >= 0.6 is 39.1 Å². The number of alkyl halides is 2. The van der Waals surface area contributed by atoms with Crippen LogP contribution in [-0.2, 0) is 0 Å². The van der Waals surface area contributed by atoms with Gasteiger partial charge in [0, 0.05) is 21.8 Å². The number of benzene rings is 1. The molecular weight excluding hydrogens is 519 g/mol. The van der Waals surface area contributed by atoms with Crippen molar-refractivity contribution in [3.05, 3.63) is 61.5 Å². The molecule has 7 nitrogen and oxygen atoms in total. The fraction of sp³-hybridized carbons (Fsp3) is 0.158. The molecule has 5 rings (SSSR count). The van der Waals surface area contributed by atoms with Gasteiger partial charge < -0.3 is 9.32 Å². The molecule has 0 bridgehead atoms. The normalized spacial score (nSPS) is 15.3. The van der Waals surface area contributed by atoms with E-state index in [1.807, 2.05) is 0 Å². The summed E-state index contributed by atoms with van der Waals surface area (Å²) in [5.74, 6) is -2.38. The van der Waals surface area contributed by atoms with Crippen LogP contribution in [0.2, 0.25) is 10.0 Å². The van der Waals surface area contributed by atoms with Gasteiger partial charge in [-0.2, -0.15) is 0 Å². The zero-order chi connectivity index (χ0) is 21.9. The van der Waals surface area contributed by atoms with E-state index in [0.29, 0.717) is 15.0 Å². The van der Waals surface area contributed by atoms with Crippen molar-refractivity contribution in [1.29, 1.82) is 0 Å². The monoisotopic (exact) mass is 527 g/mol. The lowest BCUT2D eigenvalue weighted by atomic mass is 10.1. The number of halogens is 5. The first-order valence-corrected chi connectivity index (χ1v) is 10.4. The zero-order valence-corrected chi connectivity index (χ0v) is 18.4. The number of anilines is 1. The van der Waals surface area contributed by atoms with Gasteiger partial charge in [0.15, 0.2) is 11.6 Å². The minimum atomic E-state index is -2.79. The number of hydrogen-bond acceptors (Lipinski definition) is 6. The first-order chi connectivity index (χ1) is 14.7. The quantitative estimate of drug-likeness (QED) is 0.374. The maximum absolute atomic E-state index is 13.4. The molecular formula is C19H10BrCl2F2N5O2. The van der Waals surface area contributed by atoms with Crippen LogP contribution in [0.15, 0.2) is 50.2 Å². The molecule has 0 amide bonds. The van der Waals surface area contributed by atoms with Crippen molar-refractivity contribution in [3.8, 4) is 17.4 Å². The van der Waals surface area contributed by atoms with Crippen LogP contribution in [0.5, 0.6) is 0 Å². The second-order valence-electron chi connectivity index (χ2n) is 6.91. The highest BCUT2D eigenvalue weighted by Gasteiger charge is 2.45. The summed E-state index contributed by atoms with van der Waals surface area (Å²) in [6, 6.07) is 7.79. The Bertz CT molecular complexity index is 1400. The zero-order valence-electron chi connectivity index (χ0n) is 15.3. The average molecular weight is 529 g/mol. The minimum Gasteiger partial charge on any atom is -0.401 e. The van der Waals surface area contributed by atoms with Crippen molar-refractivity contribution in [3.63, 3.8) is 0 Å². The van der Waals surface area contributed by atoms with Gasteiger partial charge in [0.05, 0.1) is 29.0 Å². The van der Waals surface area contributed by atoms with Gasteiger partial charge in [-0.25, -0.2) is 28.2 Å². The standard InChI is InChI=1S/C19H10BrCl2F2N5O2/c20-11-5-9(21)4-10-15(11)26-17(31-18(10)30)13-6-14(28-7-19(23,24)8-28)27-29(13)16-12(22)2-1-3-25-16/h1-6H,7-8H2. The summed E-state index contributed by atoms with van der Waals surface area (Å²) in [5.41, 5.74) is -0.112. The molecule has 0 atom stereocenters. The van der Waals surface area contributed by atoms with E-state index in [-0.39, 0.29) is 33.6 Å². The van der Waals surface area contributed by atoms with Crippen LogP contribution in [0.4, 0.5) is 14.6 Å². The summed E-state index contributed by atoms with van der Waals surface area (Å²) in [6.07, 6.45) is 1.51. The van der Waals surface area contributed by atoms with Crippen LogP contribution in [0.3, 0.4) is 0 Å². The van der Waals surface area contributed by atoms with Crippen LogP contribution in [0.25, 0.3) is 28.3 Å². The summed E-state index contributed by atoms with van der Waals surface area (Å²) in [7, 11) is 0. The molecule has 0 unspecified atom stereocenters. The van der Waals surface area contributed by atoms with Crippen molar-refractivity contribution in [2.45, 2.75) is 5.92 Å². The molecule has 31 heavy (non-hydrogen) atoms. The molecule has 0 saturated carbocycles.